The van der Waals surface area contributed by atoms with E-state index in [-0.39, 0.29) is 29.4 Å². The lowest BCUT2D eigenvalue weighted by Crippen LogP contribution is -2.06. The Kier molecular flexibility index (Phi) is 3.56. The highest BCUT2D eigenvalue weighted by atomic mass is 16.5. The Labute approximate surface area is 109 Å². The van der Waals surface area contributed by atoms with E-state index in [0.29, 0.717) is 0 Å². The van der Waals surface area contributed by atoms with Crippen molar-refractivity contribution in [1.82, 2.24) is 0 Å². The highest BCUT2D eigenvalue weighted by Crippen LogP contribution is 2.25. The predicted octanol–water partition coefficient (Wildman–Crippen LogP) is 2.25. The van der Waals surface area contributed by atoms with Crippen molar-refractivity contribution < 1.29 is 19.7 Å². The molecule has 0 aliphatic rings. The van der Waals surface area contributed by atoms with Crippen molar-refractivity contribution in [2.45, 2.75) is 6.61 Å². The molecule has 0 atom stereocenters. The first-order valence-electron chi connectivity index (χ1n) is 5.60. The van der Waals surface area contributed by atoms with Gasteiger partial charge in [-0.1, -0.05) is 18.2 Å². The van der Waals surface area contributed by atoms with Crippen molar-refractivity contribution in [2.24, 2.45) is 0 Å². The van der Waals surface area contributed by atoms with Gasteiger partial charge in [-0.3, -0.25) is 0 Å². The van der Waals surface area contributed by atoms with Crippen LogP contribution in [0, 0.1) is 0 Å². The second-order valence-electron chi connectivity index (χ2n) is 3.98. The number of phenolic OH excluding ortho intramolecular Hbond substituents is 1. The summed E-state index contributed by atoms with van der Waals surface area (Å²) in [7, 11) is 0. The standard InChI is InChI=1S/C14H13NO4/c15-11-2-1-3-12(13(11)14(17)18)19-8-9-4-6-10(16)7-5-9/h1-7,16H,8,15H2,(H,17,18). The molecule has 0 aliphatic carbocycles. The van der Waals surface area contributed by atoms with Crippen LogP contribution in [0.2, 0.25) is 0 Å². The van der Waals surface area contributed by atoms with Crippen LogP contribution in [0.3, 0.4) is 0 Å². The molecule has 5 nitrogen and oxygen atoms in total. The Bertz CT molecular complexity index is 593. The van der Waals surface area contributed by atoms with E-state index < -0.39 is 5.97 Å². The molecule has 0 saturated heterocycles. The maximum Gasteiger partial charge on any atom is 0.341 e. The number of rotatable bonds is 4. The fraction of sp³-hybridized carbons (Fsp3) is 0.0714. The first kappa shape index (κ1) is 12.8. The van der Waals surface area contributed by atoms with Crippen molar-refractivity contribution in [3.05, 3.63) is 53.6 Å². The highest BCUT2D eigenvalue weighted by molar-refractivity contribution is 5.96. The van der Waals surface area contributed by atoms with Crippen LogP contribution in [0.15, 0.2) is 42.5 Å². The lowest BCUT2D eigenvalue weighted by molar-refractivity contribution is 0.0693. The lowest BCUT2D eigenvalue weighted by Gasteiger charge is -2.10. The third kappa shape index (κ3) is 2.95. The molecule has 0 bridgehead atoms. The molecule has 0 heterocycles. The van der Waals surface area contributed by atoms with Crippen LogP contribution in [0.25, 0.3) is 0 Å². The van der Waals surface area contributed by atoms with E-state index in [2.05, 4.69) is 0 Å². The molecular weight excluding hydrogens is 246 g/mol. The van der Waals surface area contributed by atoms with Crippen LogP contribution >= 0.6 is 0 Å². The van der Waals surface area contributed by atoms with E-state index >= 15 is 0 Å². The summed E-state index contributed by atoms with van der Waals surface area (Å²) in [6.45, 7) is 0.198. The highest BCUT2D eigenvalue weighted by Gasteiger charge is 2.14. The quantitative estimate of drug-likeness (QED) is 0.732. The summed E-state index contributed by atoms with van der Waals surface area (Å²) in [5.74, 6) is -0.738. The van der Waals surface area contributed by atoms with Gasteiger partial charge in [-0.15, -0.1) is 0 Å². The Morgan fingerprint density at radius 1 is 1.16 bits per heavy atom. The van der Waals surface area contributed by atoms with Crippen molar-refractivity contribution in [1.29, 1.82) is 0 Å². The fourth-order valence-corrected chi connectivity index (χ4v) is 1.65. The molecule has 0 fully saturated rings. The van der Waals surface area contributed by atoms with Gasteiger partial charge in [0.2, 0.25) is 0 Å². The number of aromatic hydroxyl groups is 1. The van der Waals surface area contributed by atoms with Gasteiger partial charge in [0.15, 0.2) is 0 Å². The number of carboxylic acids is 1. The number of hydrogen-bond donors (Lipinski definition) is 3. The predicted molar refractivity (Wildman–Crippen MR) is 70.3 cm³/mol. The summed E-state index contributed by atoms with van der Waals surface area (Å²) < 4.78 is 5.46. The minimum Gasteiger partial charge on any atom is -0.508 e. The minimum atomic E-state index is -1.13. The summed E-state index contributed by atoms with van der Waals surface area (Å²) in [6, 6.07) is 11.2. The monoisotopic (exact) mass is 259 g/mol. The second kappa shape index (κ2) is 5.30. The molecule has 2 aromatic carbocycles. The molecule has 0 aromatic heterocycles. The third-order valence-electron chi connectivity index (χ3n) is 2.60. The molecule has 2 rings (SSSR count). The summed E-state index contributed by atoms with van der Waals surface area (Å²) >= 11 is 0. The van der Waals surface area contributed by atoms with Gasteiger partial charge in [0.1, 0.15) is 23.7 Å². The number of nitrogen functional groups attached to an aromatic ring is 1. The van der Waals surface area contributed by atoms with E-state index in [9.17, 15) is 4.79 Å². The Balaban J connectivity index is 2.18. The van der Waals surface area contributed by atoms with Gasteiger partial charge in [-0.05, 0) is 29.8 Å². The molecule has 0 amide bonds. The van der Waals surface area contributed by atoms with E-state index in [1.54, 1.807) is 24.3 Å². The Morgan fingerprint density at radius 2 is 1.84 bits per heavy atom. The molecule has 0 aliphatic heterocycles. The maximum absolute atomic E-state index is 11.1. The number of carboxylic acid groups (broad SMARTS) is 1. The third-order valence-corrected chi connectivity index (χ3v) is 2.60. The Morgan fingerprint density at radius 3 is 2.47 bits per heavy atom. The zero-order chi connectivity index (χ0) is 13.8. The van der Waals surface area contributed by atoms with Crippen LogP contribution in [0.4, 0.5) is 5.69 Å². The fourth-order valence-electron chi connectivity index (χ4n) is 1.65. The number of phenols is 1. The zero-order valence-corrected chi connectivity index (χ0v) is 10.0. The number of hydrogen-bond acceptors (Lipinski definition) is 4. The van der Waals surface area contributed by atoms with Crippen LogP contribution in [-0.4, -0.2) is 16.2 Å². The molecule has 5 heteroatoms. The van der Waals surface area contributed by atoms with E-state index in [1.807, 2.05) is 0 Å². The first-order valence-corrected chi connectivity index (χ1v) is 5.60. The molecular formula is C14H13NO4. The maximum atomic E-state index is 11.1. The van der Waals surface area contributed by atoms with Gasteiger partial charge in [0.05, 0.1) is 0 Å². The number of anilines is 1. The average Bonchev–Trinajstić information content (AvgIpc) is 2.37. The van der Waals surface area contributed by atoms with Gasteiger partial charge < -0.3 is 20.7 Å². The number of benzene rings is 2. The topological polar surface area (TPSA) is 92.8 Å². The van der Waals surface area contributed by atoms with Gasteiger partial charge in [-0.2, -0.15) is 0 Å². The normalized spacial score (nSPS) is 10.1. The van der Waals surface area contributed by atoms with Crippen LogP contribution in [-0.2, 0) is 6.61 Å². The molecule has 19 heavy (non-hydrogen) atoms. The molecule has 0 radical (unpaired) electrons. The minimum absolute atomic E-state index is 0.0405. The van der Waals surface area contributed by atoms with Gasteiger partial charge in [0.25, 0.3) is 0 Å². The largest absolute Gasteiger partial charge is 0.508 e. The number of carbonyl (C=O) groups is 1. The molecule has 4 N–H and O–H groups in total. The smallest absolute Gasteiger partial charge is 0.341 e. The summed E-state index contributed by atoms with van der Waals surface area (Å²) in [5, 5.41) is 18.2. The zero-order valence-electron chi connectivity index (χ0n) is 10.0. The average molecular weight is 259 g/mol. The lowest BCUT2D eigenvalue weighted by atomic mass is 10.1. The van der Waals surface area contributed by atoms with Gasteiger partial charge in [0, 0.05) is 5.69 Å². The van der Waals surface area contributed by atoms with Crippen molar-refractivity contribution in [3.63, 3.8) is 0 Å². The summed E-state index contributed by atoms with van der Waals surface area (Å²) in [6.07, 6.45) is 0. The van der Waals surface area contributed by atoms with Crippen LogP contribution < -0.4 is 10.5 Å². The SMILES string of the molecule is Nc1cccc(OCc2ccc(O)cc2)c1C(=O)O. The van der Waals surface area contributed by atoms with E-state index in [4.69, 9.17) is 20.7 Å². The van der Waals surface area contributed by atoms with Crippen molar-refractivity contribution in [2.75, 3.05) is 5.73 Å². The molecule has 0 unspecified atom stereocenters. The van der Waals surface area contributed by atoms with Crippen LogP contribution in [0.1, 0.15) is 15.9 Å². The van der Waals surface area contributed by atoms with E-state index in [1.165, 1.54) is 18.2 Å². The molecule has 0 saturated carbocycles. The van der Waals surface area contributed by atoms with Crippen molar-refractivity contribution in [3.8, 4) is 11.5 Å². The number of ether oxygens (including phenoxy) is 1. The molecule has 2 aromatic rings. The number of aromatic carboxylic acids is 1. The molecule has 98 valence electrons. The summed E-state index contributed by atoms with van der Waals surface area (Å²) in [5.41, 5.74) is 6.56. The van der Waals surface area contributed by atoms with Crippen molar-refractivity contribution >= 4 is 11.7 Å². The first-order chi connectivity index (χ1) is 9.08. The van der Waals surface area contributed by atoms with Gasteiger partial charge in [-0.25, -0.2) is 4.79 Å². The second-order valence-corrected chi connectivity index (χ2v) is 3.98. The van der Waals surface area contributed by atoms with E-state index in [0.717, 1.165) is 5.56 Å². The number of nitrogens with two attached hydrogens (primary N) is 1. The van der Waals surface area contributed by atoms with Crippen LogP contribution in [0.5, 0.6) is 11.5 Å². The summed E-state index contributed by atoms with van der Waals surface area (Å²) in [4.78, 5) is 11.1. The van der Waals surface area contributed by atoms with Gasteiger partial charge >= 0.3 is 5.97 Å². The Hall–Kier alpha value is -2.69. The molecule has 0 spiro atoms.